The summed E-state index contributed by atoms with van der Waals surface area (Å²) in [5.41, 5.74) is 3.65. The van der Waals surface area contributed by atoms with E-state index in [9.17, 15) is 15.3 Å². The van der Waals surface area contributed by atoms with Crippen LogP contribution in [0.4, 0.5) is 0 Å². The van der Waals surface area contributed by atoms with Crippen LogP contribution in [-0.4, -0.2) is 15.3 Å². The second-order valence-electron chi connectivity index (χ2n) is 5.57. The topological polar surface area (TPSA) is 60.7 Å². The Morgan fingerprint density at radius 3 is 2.00 bits per heavy atom. The lowest BCUT2D eigenvalue weighted by Gasteiger charge is -2.15. The molecule has 0 aliphatic heterocycles. The van der Waals surface area contributed by atoms with Crippen molar-refractivity contribution in [2.75, 3.05) is 0 Å². The molecule has 0 aliphatic rings. The molecular weight excluding hydrogens is 252 g/mol. The molecule has 2 aromatic rings. The molecule has 2 aromatic carbocycles. The molecule has 3 heteroatoms. The number of benzene rings is 2. The summed E-state index contributed by atoms with van der Waals surface area (Å²) in [6, 6.07) is 7.06. The average Bonchev–Trinajstić information content (AvgIpc) is 2.37. The molecule has 0 saturated carbocycles. The molecule has 0 saturated heterocycles. The quantitative estimate of drug-likeness (QED) is 0.718. The van der Waals surface area contributed by atoms with Crippen LogP contribution in [0.3, 0.4) is 0 Å². The monoisotopic (exact) mass is 272 g/mol. The van der Waals surface area contributed by atoms with Crippen LogP contribution in [-0.2, 0) is 0 Å². The van der Waals surface area contributed by atoms with E-state index in [1.165, 1.54) is 6.07 Å². The zero-order valence-corrected chi connectivity index (χ0v) is 12.2. The molecule has 3 N–H and O–H groups in total. The highest BCUT2D eigenvalue weighted by atomic mass is 16.3. The van der Waals surface area contributed by atoms with E-state index in [0.29, 0.717) is 17.0 Å². The molecule has 0 bridgehead atoms. The Labute approximate surface area is 119 Å². The Balaban J connectivity index is 2.75. The largest absolute Gasteiger partial charge is 0.507 e. The number of phenols is 3. The lowest BCUT2D eigenvalue weighted by atomic mass is 9.92. The Bertz CT molecular complexity index is 658. The molecule has 20 heavy (non-hydrogen) atoms. The Morgan fingerprint density at radius 2 is 1.40 bits per heavy atom. The fraction of sp³-hybridized carbons (Fsp3) is 0.294. The number of hydrogen-bond acceptors (Lipinski definition) is 3. The van der Waals surface area contributed by atoms with Gasteiger partial charge in [0.15, 0.2) is 11.5 Å². The summed E-state index contributed by atoms with van der Waals surface area (Å²) in [6.45, 7) is 7.81. The maximum atomic E-state index is 10.3. The molecular formula is C17H20O3. The van der Waals surface area contributed by atoms with Crippen LogP contribution in [0.5, 0.6) is 17.2 Å². The fourth-order valence-corrected chi connectivity index (χ4v) is 2.31. The van der Waals surface area contributed by atoms with E-state index in [-0.39, 0.29) is 17.2 Å². The molecule has 106 valence electrons. The van der Waals surface area contributed by atoms with Crippen LogP contribution in [0.15, 0.2) is 24.3 Å². The predicted octanol–water partition coefficient (Wildman–Crippen LogP) is 4.21. The van der Waals surface area contributed by atoms with Gasteiger partial charge in [0.05, 0.1) is 0 Å². The molecule has 0 aliphatic carbocycles. The van der Waals surface area contributed by atoms with Gasteiger partial charge < -0.3 is 15.3 Å². The van der Waals surface area contributed by atoms with Crippen LogP contribution in [0.1, 0.15) is 36.5 Å². The van der Waals surface area contributed by atoms with E-state index >= 15 is 0 Å². The average molecular weight is 272 g/mol. The third kappa shape index (κ3) is 2.44. The number of aryl methyl sites for hydroxylation is 2. The Morgan fingerprint density at radius 1 is 0.800 bits per heavy atom. The van der Waals surface area contributed by atoms with Crippen LogP contribution < -0.4 is 0 Å². The van der Waals surface area contributed by atoms with Crippen molar-refractivity contribution >= 4 is 0 Å². The highest BCUT2D eigenvalue weighted by Crippen LogP contribution is 2.43. The van der Waals surface area contributed by atoms with Crippen molar-refractivity contribution in [1.82, 2.24) is 0 Å². The summed E-state index contributed by atoms with van der Waals surface area (Å²) in [5, 5.41) is 30.1. The molecule has 3 nitrogen and oxygen atoms in total. The van der Waals surface area contributed by atoms with Gasteiger partial charge in [-0.3, -0.25) is 0 Å². The van der Waals surface area contributed by atoms with Crippen LogP contribution >= 0.6 is 0 Å². The van der Waals surface area contributed by atoms with Crippen molar-refractivity contribution in [2.24, 2.45) is 0 Å². The molecule has 0 unspecified atom stereocenters. The van der Waals surface area contributed by atoms with Crippen molar-refractivity contribution < 1.29 is 15.3 Å². The second-order valence-corrected chi connectivity index (χ2v) is 5.57. The van der Waals surface area contributed by atoms with Crippen molar-refractivity contribution in [3.8, 4) is 28.4 Å². The number of hydrogen-bond donors (Lipinski definition) is 3. The maximum Gasteiger partial charge on any atom is 0.165 e. The first kappa shape index (κ1) is 14.3. The summed E-state index contributed by atoms with van der Waals surface area (Å²) >= 11 is 0. The first-order valence-electron chi connectivity index (χ1n) is 6.67. The van der Waals surface area contributed by atoms with Crippen molar-refractivity contribution in [3.63, 3.8) is 0 Å². The second kappa shape index (κ2) is 5.08. The summed E-state index contributed by atoms with van der Waals surface area (Å²) in [4.78, 5) is 0. The van der Waals surface area contributed by atoms with Crippen LogP contribution in [0, 0.1) is 13.8 Å². The van der Waals surface area contributed by atoms with Gasteiger partial charge in [-0.15, -0.1) is 0 Å². The number of aromatic hydroxyl groups is 3. The van der Waals surface area contributed by atoms with Gasteiger partial charge in [-0.05, 0) is 54.7 Å². The minimum atomic E-state index is -0.203. The molecule has 0 aromatic heterocycles. The highest BCUT2D eigenvalue weighted by Gasteiger charge is 2.16. The van der Waals surface area contributed by atoms with Gasteiger partial charge in [0, 0.05) is 11.1 Å². The summed E-state index contributed by atoms with van der Waals surface area (Å²) < 4.78 is 0. The third-order valence-electron chi connectivity index (χ3n) is 3.51. The van der Waals surface area contributed by atoms with Gasteiger partial charge >= 0.3 is 0 Å². The molecule has 2 rings (SSSR count). The number of phenolic OH excluding ortho intramolecular Hbond substituents is 3. The minimum Gasteiger partial charge on any atom is -0.507 e. The third-order valence-corrected chi connectivity index (χ3v) is 3.51. The maximum absolute atomic E-state index is 10.3. The Hall–Kier alpha value is -2.16. The minimum absolute atomic E-state index is 0.134. The molecule has 0 atom stereocenters. The summed E-state index contributed by atoms with van der Waals surface area (Å²) in [5.74, 6) is 0.0708. The zero-order chi connectivity index (χ0) is 15.0. The van der Waals surface area contributed by atoms with E-state index in [1.807, 2.05) is 26.0 Å². The van der Waals surface area contributed by atoms with E-state index in [1.54, 1.807) is 6.07 Å². The van der Waals surface area contributed by atoms with E-state index in [4.69, 9.17) is 0 Å². The van der Waals surface area contributed by atoms with Crippen LogP contribution in [0.2, 0.25) is 0 Å². The van der Waals surface area contributed by atoms with Crippen molar-refractivity contribution in [2.45, 2.75) is 33.6 Å². The van der Waals surface area contributed by atoms with Gasteiger partial charge in [-0.25, -0.2) is 0 Å². The lowest BCUT2D eigenvalue weighted by Crippen LogP contribution is -1.92. The van der Waals surface area contributed by atoms with E-state index in [2.05, 4.69) is 13.8 Å². The van der Waals surface area contributed by atoms with E-state index in [0.717, 1.165) is 16.7 Å². The predicted molar refractivity (Wildman–Crippen MR) is 80.4 cm³/mol. The molecule has 0 heterocycles. The lowest BCUT2D eigenvalue weighted by molar-refractivity contribution is 0.404. The normalized spacial score (nSPS) is 11.1. The molecule has 0 spiro atoms. The summed E-state index contributed by atoms with van der Waals surface area (Å²) in [7, 11) is 0. The van der Waals surface area contributed by atoms with Gasteiger partial charge in [0.2, 0.25) is 0 Å². The van der Waals surface area contributed by atoms with E-state index < -0.39 is 0 Å². The highest BCUT2D eigenvalue weighted by molar-refractivity contribution is 5.80. The molecule has 0 radical (unpaired) electrons. The number of rotatable bonds is 2. The van der Waals surface area contributed by atoms with Crippen molar-refractivity contribution in [1.29, 1.82) is 0 Å². The van der Waals surface area contributed by atoms with Gasteiger partial charge in [-0.1, -0.05) is 19.9 Å². The standard InChI is InChI=1S/C17H20O3/c1-9(2)12-7-11(4)16(19)14(8-12)13-5-10(3)6-15(18)17(13)20/h5-9,18-20H,1-4H3. The fourth-order valence-electron chi connectivity index (χ4n) is 2.31. The SMILES string of the molecule is Cc1cc(O)c(O)c(-c2cc(C(C)C)cc(C)c2O)c1. The Kier molecular flexibility index (Phi) is 3.62. The van der Waals surface area contributed by atoms with Gasteiger partial charge in [0.25, 0.3) is 0 Å². The van der Waals surface area contributed by atoms with Gasteiger partial charge in [-0.2, -0.15) is 0 Å². The molecule has 0 fully saturated rings. The molecule has 0 amide bonds. The smallest absolute Gasteiger partial charge is 0.165 e. The van der Waals surface area contributed by atoms with Crippen LogP contribution in [0.25, 0.3) is 11.1 Å². The summed E-state index contributed by atoms with van der Waals surface area (Å²) in [6.07, 6.45) is 0. The first-order chi connectivity index (χ1) is 9.31. The zero-order valence-electron chi connectivity index (χ0n) is 12.2. The first-order valence-corrected chi connectivity index (χ1v) is 6.67. The van der Waals surface area contributed by atoms with Crippen molar-refractivity contribution in [3.05, 3.63) is 41.0 Å². The van der Waals surface area contributed by atoms with Gasteiger partial charge in [0.1, 0.15) is 5.75 Å².